The lowest BCUT2D eigenvalue weighted by molar-refractivity contribution is 0.163. The Balaban J connectivity index is 1.86. The molecule has 1 aliphatic rings. The summed E-state index contributed by atoms with van der Waals surface area (Å²) in [5.41, 5.74) is 8.89. The molecule has 2 heteroatoms. The van der Waals surface area contributed by atoms with E-state index in [2.05, 4.69) is 43.4 Å². The molecule has 0 radical (unpaired) electrons. The Morgan fingerprint density at radius 3 is 2.33 bits per heavy atom. The van der Waals surface area contributed by atoms with Crippen LogP contribution in [0.5, 0.6) is 0 Å². The average Bonchev–Trinajstić information content (AvgIpc) is 2.30. The number of nitrogens with two attached hydrogens (primary N) is 1. The van der Waals surface area contributed by atoms with Gasteiger partial charge in [0.15, 0.2) is 0 Å². The van der Waals surface area contributed by atoms with Crippen molar-refractivity contribution in [3.05, 3.63) is 29.8 Å². The zero-order valence-corrected chi connectivity index (χ0v) is 11.7. The van der Waals surface area contributed by atoms with Gasteiger partial charge in [0, 0.05) is 12.2 Å². The molecular formula is C16H26N2. The summed E-state index contributed by atoms with van der Waals surface area (Å²) in [6.45, 7) is 6.35. The van der Waals surface area contributed by atoms with Crippen molar-refractivity contribution in [1.29, 1.82) is 0 Å². The second kappa shape index (κ2) is 5.75. The van der Waals surface area contributed by atoms with Crippen molar-refractivity contribution in [2.75, 3.05) is 18.4 Å². The predicted octanol–water partition coefficient (Wildman–Crippen LogP) is 3.43. The number of hydrogen-bond donors (Lipinski definition) is 2. The minimum Gasteiger partial charge on any atom is -0.384 e. The Morgan fingerprint density at radius 1 is 1.22 bits per heavy atom. The number of anilines is 1. The molecule has 2 rings (SSSR count). The standard InChI is InChI=1S/C16H26N2/c1-13(2)10-14-4-6-15(7-5-14)18-12-16(11-17)8-3-9-16/h4-7,13,18H,3,8-12,17H2,1-2H3. The number of rotatable bonds is 6. The second-order valence-electron chi connectivity index (χ2n) is 6.21. The van der Waals surface area contributed by atoms with Crippen molar-refractivity contribution in [3.63, 3.8) is 0 Å². The lowest BCUT2D eigenvalue weighted by Crippen LogP contribution is -2.42. The monoisotopic (exact) mass is 246 g/mol. The number of benzene rings is 1. The molecule has 1 saturated carbocycles. The molecule has 18 heavy (non-hydrogen) atoms. The summed E-state index contributed by atoms with van der Waals surface area (Å²) in [5.74, 6) is 0.722. The van der Waals surface area contributed by atoms with Gasteiger partial charge in [-0.3, -0.25) is 0 Å². The molecule has 0 heterocycles. The third kappa shape index (κ3) is 3.26. The van der Waals surface area contributed by atoms with E-state index in [-0.39, 0.29) is 0 Å². The third-order valence-corrected chi connectivity index (χ3v) is 4.11. The Hall–Kier alpha value is -1.02. The van der Waals surface area contributed by atoms with Crippen molar-refractivity contribution in [2.24, 2.45) is 17.1 Å². The largest absolute Gasteiger partial charge is 0.384 e. The first-order valence-electron chi connectivity index (χ1n) is 7.16. The van der Waals surface area contributed by atoms with Crippen LogP contribution < -0.4 is 11.1 Å². The van der Waals surface area contributed by atoms with Crippen LogP contribution in [-0.4, -0.2) is 13.1 Å². The number of nitrogens with one attached hydrogen (secondary N) is 1. The lowest BCUT2D eigenvalue weighted by Gasteiger charge is -2.41. The Morgan fingerprint density at radius 2 is 1.89 bits per heavy atom. The molecular weight excluding hydrogens is 220 g/mol. The highest BCUT2D eigenvalue weighted by Crippen LogP contribution is 2.39. The fourth-order valence-corrected chi connectivity index (χ4v) is 2.65. The van der Waals surface area contributed by atoms with Gasteiger partial charge in [0.1, 0.15) is 0 Å². The molecule has 0 aliphatic heterocycles. The van der Waals surface area contributed by atoms with Gasteiger partial charge in [-0.25, -0.2) is 0 Å². The number of hydrogen-bond acceptors (Lipinski definition) is 2. The molecule has 1 aliphatic carbocycles. The fourth-order valence-electron chi connectivity index (χ4n) is 2.65. The SMILES string of the molecule is CC(C)Cc1ccc(NCC2(CN)CCC2)cc1. The van der Waals surface area contributed by atoms with Gasteiger partial charge in [-0.15, -0.1) is 0 Å². The molecule has 2 nitrogen and oxygen atoms in total. The second-order valence-corrected chi connectivity index (χ2v) is 6.21. The highest BCUT2D eigenvalue weighted by atomic mass is 14.9. The average molecular weight is 246 g/mol. The van der Waals surface area contributed by atoms with Gasteiger partial charge in [0.05, 0.1) is 0 Å². The molecule has 0 saturated heterocycles. The van der Waals surface area contributed by atoms with Gasteiger partial charge in [-0.2, -0.15) is 0 Å². The molecule has 0 atom stereocenters. The van der Waals surface area contributed by atoms with Crippen LogP contribution in [0.25, 0.3) is 0 Å². The summed E-state index contributed by atoms with van der Waals surface area (Å²) in [6.07, 6.45) is 5.06. The van der Waals surface area contributed by atoms with Crippen molar-refractivity contribution < 1.29 is 0 Å². The summed E-state index contributed by atoms with van der Waals surface area (Å²) in [7, 11) is 0. The summed E-state index contributed by atoms with van der Waals surface area (Å²) < 4.78 is 0. The van der Waals surface area contributed by atoms with Crippen LogP contribution in [0.2, 0.25) is 0 Å². The maximum Gasteiger partial charge on any atom is 0.0340 e. The van der Waals surface area contributed by atoms with Crippen LogP contribution in [0, 0.1) is 11.3 Å². The minimum atomic E-state index is 0.372. The predicted molar refractivity (Wildman–Crippen MR) is 78.8 cm³/mol. The van der Waals surface area contributed by atoms with Crippen LogP contribution in [0.1, 0.15) is 38.7 Å². The van der Waals surface area contributed by atoms with Crippen molar-refractivity contribution in [1.82, 2.24) is 0 Å². The third-order valence-electron chi connectivity index (χ3n) is 4.11. The quantitative estimate of drug-likeness (QED) is 0.807. The molecule has 3 N–H and O–H groups in total. The molecule has 1 aromatic carbocycles. The molecule has 0 spiro atoms. The first-order valence-corrected chi connectivity index (χ1v) is 7.16. The summed E-state index contributed by atoms with van der Waals surface area (Å²) in [4.78, 5) is 0. The highest BCUT2D eigenvalue weighted by Gasteiger charge is 2.35. The smallest absolute Gasteiger partial charge is 0.0340 e. The molecule has 0 amide bonds. The summed E-state index contributed by atoms with van der Waals surface area (Å²) in [6, 6.07) is 8.86. The highest BCUT2D eigenvalue weighted by molar-refractivity contribution is 5.45. The van der Waals surface area contributed by atoms with Crippen LogP contribution >= 0.6 is 0 Å². The maximum absolute atomic E-state index is 5.87. The van der Waals surface area contributed by atoms with Gasteiger partial charge in [-0.1, -0.05) is 32.4 Å². The zero-order chi connectivity index (χ0) is 13.0. The summed E-state index contributed by atoms with van der Waals surface area (Å²) >= 11 is 0. The van der Waals surface area contributed by atoms with E-state index in [1.807, 2.05) is 0 Å². The van der Waals surface area contributed by atoms with Crippen molar-refractivity contribution >= 4 is 5.69 Å². The van der Waals surface area contributed by atoms with Crippen LogP contribution in [0.15, 0.2) is 24.3 Å². The van der Waals surface area contributed by atoms with Crippen LogP contribution in [-0.2, 0) is 6.42 Å². The molecule has 0 unspecified atom stereocenters. The molecule has 0 bridgehead atoms. The maximum atomic E-state index is 5.87. The van der Waals surface area contributed by atoms with Crippen LogP contribution in [0.3, 0.4) is 0 Å². The van der Waals surface area contributed by atoms with E-state index in [4.69, 9.17) is 5.73 Å². The Bertz CT molecular complexity index is 358. The van der Waals surface area contributed by atoms with Gasteiger partial charge in [0.2, 0.25) is 0 Å². The Kier molecular flexibility index (Phi) is 4.28. The van der Waals surface area contributed by atoms with Gasteiger partial charge >= 0.3 is 0 Å². The van der Waals surface area contributed by atoms with E-state index in [0.717, 1.165) is 25.4 Å². The fraction of sp³-hybridized carbons (Fsp3) is 0.625. The summed E-state index contributed by atoms with van der Waals surface area (Å²) in [5, 5.41) is 3.54. The topological polar surface area (TPSA) is 38.0 Å². The van der Waals surface area contributed by atoms with Gasteiger partial charge in [-0.05, 0) is 54.8 Å². The van der Waals surface area contributed by atoms with E-state index in [0.29, 0.717) is 5.41 Å². The molecule has 1 aromatic rings. The first-order chi connectivity index (χ1) is 8.63. The van der Waals surface area contributed by atoms with Crippen LogP contribution in [0.4, 0.5) is 5.69 Å². The zero-order valence-electron chi connectivity index (χ0n) is 11.7. The first kappa shape index (κ1) is 13.4. The molecule has 1 fully saturated rings. The minimum absolute atomic E-state index is 0.372. The van der Waals surface area contributed by atoms with Crippen molar-refractivity contribution in [2.45, 2.75) is 39.5 Å². The van der Waals surface area contributed by atoms with E-state index in [1.54, 1.807) is 0 Å². The van der Waals surface area contributed by atoms with Gasteiger partial charge in [0.25, 0.3) is 0 Å². The van der Waals surface area contributed by atoms with E-state index in [9.17, 15) is 0 Å². The van der Waals surface area contributed by atoms with E-state index in [1.165, 1.54) is 30.5 Å². The van der Waals surface area contributed by atoms with E-state index >= 15 is 0 Å². The van der Waals surface area contributed by atoms with Crippen molar-refractivity contribution in [3.8, 4) is 0 Å². The molecule has 0 aromatic heterocycles. The Labute approximate surface area is 111 Å². The van der Waals surface area contributed by atoms with E-state index < -0.39 is 0 Å². The van der Waals surface area contributed by atoms with Gasteiger partial charge < -0.3 is 11.1 Å². The molecule has 100 valence electrons. The lowest BCUT2D eigenvalue weighted by atomic mass is 9.69. The normalized spacial score (nSPS) is 17.6.